The van der Waals surface area contributed by atoms with Crippen LogP contribution in [-0.2, 0) is 4.74 Å². The van der Waals surface area contributed by atoms with Crippen molar-refractivity contribution in [3.05, 3.63) is 12.2 Å². The molecule has 1 spiro atoms. The zero-order chi connectivity index (χ0) is 10.4. The van der Waals surface area contributed by atoms with Crippen molar-refractivity contribution in [1.29, 1.82) is 0 Å². The molecule has 1 aliphatic heterocycles. The van der Waals surface area contributed by atoms with E-state index in [9.17, 15) is 0 Å². The van der Waals surface area contributed by atoms with E-state index in [1.807, 2.05) is 0 Å². The van der Waals surface area contributed by atoms with Crippen LogP contribution < -0.4 is 0 Å². The predicted octanol–water partition coefficient (Wildman–Crippen LogP) is 3.16. The van der Waals surface area contributed by atoms with Crippen LogP contribution in [0.4, 0.5) is 0 Å². The number of rotatable bonds is 0. The van der Waals surface area contributed by atoms with Crippen molar-refractivity contribution in [3.8, 4) is 0 Å². The van der Waals surface area contributed by atoms with E-state index in [-0.39, 0.29) is 0 Å². The highest BCUT2D eigenvalue weighted by Gasteiger charge is 2.71. The standard InChI is InChI=1S/C14H20O/c1-8-10-6-11-12(15-11)14(10)5-4-9(7-14)13(8,2)3/h9-12H,1,4-7H2,2-3H3/t9-,10?,11?,12?,14-/m1/s1. The Morgan fingerprint density at radius 3 is 3.00 bits per heavy atom. The summed E-state index contributed by atoms with van der Waals surface area (Å²) in [6, 6.07) is 0. The molecule has 4 fully saturated rings. The molecule has 3 aliphatic carbocycles. The molecule has 1 saturated heterocycles. The molecule has 3 saturated carbocycles. The molecule has 4 aliphatic rings. The Hall–Kier alpha value is -0.300. The molecular formula is C14H20O. The van der Waals surface area contributed by atoms with Gasteiger partial charge in [-0.3, -0.25) is 0 Å². The fraction of sp³-hybridized carbons (Fsp3) is 0.857. The van der Waals surface area contributed by atoms with Gasteiger partial charge in [0.05, 0.1) is 12.2 Å². The van der Waals surface area contributed by atoms with E-state index in [0.29, 0.717) is 23.0 Å². The Labute approximate surface area is 91.9 Å². The van der Waals surface area contributed by atoms with Gasteiger partial charge in [-0.15, -0.1) is 0 Å². The molecule has 0 radical (unpaired) electrons. The minimum atomic E-state index is 0.390. The lowest BCUT2D eigenvalue weighted by molar-refractivity contribution is 0.0575. The lowest BCUT2D eigenvalue weighted by Gasteiger charge is -2.47. The largest absolute Gasteiger partial charge is 0.369 e. The number of ether oxygens (including phenoxy) is 1. The summed E-state index contributed by atoms with van der Waals surface area (Å²) >= 11 is 0. The van der Waals surface area contributed by atoms with Crippen molar-refractivity contribution in [3.63, 3.8) is 0 Å². The van der Waals surface area contributed by atoms with Gasteiger partial charge in [0.15, 0.2) is 0 Å². The maximum atomic E-state index is 5.82. The van der Waals surface area contributed by atoms with Crippen molar-refractivity contribution in [2.75, 3.05) is 0 Å². The van der Waals surface area contributed by atoms with E-state index in [0.717, 1.165) is 11.8 Å². The Balaban J connectivity index is 1.84. The van der Waals surface area contributed by atoms with Gasteiger partial charge in [0.25, 0.3) is 0 Å². The van der Waals surface area contributed by atoms with Crippen LogP contribution in [0.15, 0.2) is 12.2 Å². The highest BCUT2D eigenvalue weighted by Crippen LogP contribution is 2.72. The number of hydrogen-bond acceptors (Lipinski definition) is 1. The summed E-state index contributed by atoms with van der Waals surface area (Å²) in [5.74, 6) is 1.67. The van der Waals surface area contributed by atoms with E-state index in [1.54, 1.807) is 5.57 Å². The van der Waals surface area contributed by atoms with Gasteiger partial charge in [-0.25, -0.2) is 0 Å². The minimum absolute atomic E-state index is 0.390. The molecule has 0 aromatic carbocycles. The maximum Gasteiger partial charge on any atom is 0.0904 e. The second-order valence-electron chi connectivity index (χ2n) is 6.80. The summed E-state index contributed by atoms with van der Waals surface area (Å²) < 4.78 is 5.82. The van der Waals surface area contributed by atoms with Crippen LogP contribution in [0, 0.1) is 22.7 Å². The summed E-state index contributed by atoms with van der Waals surface area (Å²) in [7, 11) is 0. The van der Waals surface area contributed by atoms with E-state index < -0.39 is 0 Å². The summed E-state index contributed by atoms with van der Waals surface area (Å²) in [6.07, 6.45) is 6.76. The van der Waals surface area contributed by atoms with Gasteiger partial charge in [0.1, 0.15) is 0 Å². The summed E-state index contributed by atoms with van der Waals surface area (Å²) in [4.78, 5) is 0. The number of hydrogen-bond donors (Lipinski definition) is 0. The summed E-state index contributed by atoms with van der Waals surface area (Å²) in [5.41, 5.74) is 2.48. The third kappa shape index (κ3) is 0.791. The molecule has 3 unspecified atom stereocenters. The summed E-state index contributed by atoms with van der Waals surface area (Å²) in [6.45, 7) is 9.28. The molecule has 1 heterocycles. The minimum Gasteiger partial charge on any atom is -0.369 e. The SMILES string of the molecule is C=C1C2CC3OC3[C@@]23CC[C@H](C3)C1(C)C. The first-order chi connectivity index (χ1) is 7.06. The topological polar surface area (TPSA) is 12.5 Å². The van der Waals surface area contributed by atoms with Crippen molar-refractivity contribution >= 4 is 0 Å². The van der Waals surface area contributed by atoms with Gasteiger partial charge in [-0.05, 0) is 42.9 Å². The van der Waals surface area contributed by atoms with Gasteiger partial charge in [0, 0.05) is 5.41 Å². The van der Waals surface area contributed by atoms with Gasteiger partial charge in [-0.2, -0.15) is 0 Å². The number of allylic oxidation sites excluding steroid dienone is 1. The number of fused-ring (bicyclic) bond motifs is 2. The molecule has 0 aromatic heterocycles. The third-order valence-electron chi connectivity index (χ3n) is 6.16. The molecule has 0 amide bonds. The van der Waals surface area contributed by atoms with E-state index in [4.69, 9.17) is 4.74 Å². The monoisotopic (exact) mass is 204 g/mol. The van der Waals surface area contributed by atoms with Crippen molar-refractivity contribution in [1.82, 2.24) is 0 Å². The molecule has 4 rings (SSSR count). The second kappa shape index (κ2) is 2.20. The fourth-order valence-electron chi connectivity index (χ4n) is 4.99. The average molecular weight is 204 g/mol. The third-order valence-corrected chi connectivity index (χ3v) is 6.16. The second-order valence-corrected chi connectivity index (χ2v) is 6.80. The van der Waals surface area contributed by atoms with Gasteiger partial charge >= 0.3 is 0 Å². The molecule has 5 atom stereocenters. The fourth-order valence-corrected chi connectivity index (χ4v) is 4.99. The lowest BCUT2D eigenvalue weighted by Crippen LogP contribution is -2.41. The predicted molar refractivity (Wildman–Crippen MR) is 59.5 cm³/mol. The van der Waals surface area contributed by atoms with Crippen LogP contribution >= 0.6 is 0 Å². The van der Waals surface area contributed by atoms with Crippen molar-refractivity contribution in [2.24, 2.45) is 22.7 Å². The first kappa shape index (κ1) is 8.81. The summed E-state index contributed by atoms with van der Waals surface area (Å²) in [5, 5.41) is 0. The van der Waals surface area contributed by atoms with Gasteiger partial charge < -0.3 is 4.74 Å². The maximum absolute atomic E-state index is 5.82. The first-order valence-electron chi connectivity index (χ1n) is 6.40. The first-order valence-corrected chi connectivity index (χ1v) is 6.40. The van der Waals surface area contributed by atoms with Crippen molar-refractivity contribution in [2.45, 2.75) is 51.7 Å². The van der Waals surface area contributed by atoms with Crippen molar-refractivity contribution < 1.29 is 4.74 Å². The Bertz CT molecular complexity index is 356. The Morgan fingerprint density at radius 1 is 1.40 bits per heavy atom. The Kier molecular flexibility index (Phi) is 1.29. The molecule has 1 heteroatoms. The van der Waals surface area contributed by atoms with Crippen LogP contribution in [0.3, 0.4) is 0 Å². The van der Waals surface area contributed by atoms with Crippen LogP contribution in [0.2, 0.25) is 0 Å². The smallest absolute Gasteiger partial charge is 0.0904 e. The molecule has 0 aromatic rings. The van der Waals surface area contributed by atoms with E-state index in [1.165, 1.54) is 25.7 Å². The van der Waals surface area contributed by atoms with Gasteiger partial charge in [0.2, 0.25) is 0 Å². The van der Waals surface area contributed by atoms with Crippen LogP contribution in [0.1, 0.15) is 39.5 Å². The van der Waals surface area contributed by atoms with Gasteiger partial charge in [-0.1, -0.05) is 26.0 Å². The normalized spacial score (nSPS) is 58.9. The zero-order valence-electron chi connectivity index (χ0n) is 9.75. The van der Waals surface area contributed by atoms with Crippen LogP contribution in [0.5, 0.6) is 0 Å². The van der Waals surface area contributed by atoms with E-state index in [2.05, 4.69) is 20.4 Å². The number of epoxide rings is 1. The van der Waals surface area contributed by atoms with Crippen LogP contribution in [-0.4, -0.2) is 12.2 Å². The molecule has 1 nitrogen and oxygen atoms in total. The Morgan fingerprint density at radius 2 is 2.20 bits per heavy atom. The van der Waals surface area contributed by atoms with E-state index >= 15 is 0 Å². The molecule has 82 valence electrons. The molecular weight excluding hydrogens is 184 g/mol. The highest BCUT2D eigenvalue weighted by molar-refractivity contribution is 5.31. The zero-order valence-corrected chi connectivity index (χ0v) is 9.75. The van der Waals surface area contributed by atoms with Crippen LogP contribution in [0.25, 0.3) is 0 Å². The highest BCUT2D eigenvalue weighted by atomic mass is 16.6. The average Bonchev–Trinajstić information content (AvgIpc) is 2.74. The molecule has 2 bridgehead atoms. The molecule has 15 heavy (non-hydrogen) atoms. The molecule has 0 N–H and O–H groups in total. The lowest BCUT2D eigenvalue weighted by atomic mass is 9.57. The quantitative estimate of drug-likeness (QED) is 0.436.